The Bertz CT molecular complexity index is 2090. The Labute approximate surface area is 341 Å². The molecule has 58 heavy (non-hydrogen) atoms. The zero-order chi connectivity index (χ0) is 41.5. The lowest BCUT2D eigenvalue weighted by molar-refractivity contribution is -0.157. The number of likely N-dealkylation sites (tertiary alicyclic amines) is 1. The van der Waals surface area contributed by atoms with Crippen molar-refractivity contribution >= 4 is 57.5 Å². The third-order valence-electron chi connectivity index (χ3n) is 12.0. The first-order valence-corrected chi connectivity index (χ1v) is 20.9. The molecule has 1 aromatic carbocycles. The maximum atomic E-state index is 14.8. The maximum Gasteiger partial charge on any atom is 0.310 e. The molecule has 1 aliphatic heterocycles. The number of hydrogen-bond acceptors (Lipinski definition) is 13. The quantitative estimate of drug-likeness (QED) is 0.0457. The number of benzene rings is 1. The van der Waals surface area contributed by atoms with Gasteiger partial charge in [-0.3, -0.25) is 24.0 Å². The summed E-state index contributed by atoms with van der Waals surface area (Å²) in [5, 5.41) is 16.7. The fourth-order valence-corrected chi connectivity index (χ4v) is 9.51. The van der Waals surface area contributed by atoms with Crippen LogP contribution in [0.2, 0.25) is 0 Å². The average molecular weight is 817 g/mol. The lowest BCUT2D eigenvalue weighted by atomic mass is 9.77. The van der Waals surface area contributed by atoms with Gasteiger partial charge >= 0.3 is 11.9 Å². The Morgan fingerprint density at radius 1 is 1.07 bits per heavy atom. The smallest absolute Gasteiger partial charge is 0.310 e. The fourth-order valence-electron chi connectivity index (χ4n) is 8.66. The van der Waals surface area contributed by atoms with Gasteiger partial charge in [0.05, 0.1) is 41.6 Å². The van der Waals surface area contributed by atoms with Crippen LogP contribution in [0.3, 0.4) is 0 Å². The summed E-state index contributed by atoms with van der Waals surface area (Å²) in [6.07, 6.45) is 3.65. The number of nitrogens with zero attached hydrogens (tertiary/aromatic N) is 3. The summed E-state index contributed by atoms with van der Waals surface area (Å²) in [5.41, 5.74) is -0.336. The lowest BCUT2D eigenvalue weighted by Gasteiger charge is -2.35. The molecule has 3 heterocycles. The summed E-state index contributed by atoms with van der Waals surface area (Å²) in [5.74, 6) is -1.35. The molecule has 4 aliphatic rings. The second kappa shape index (κ2) is 16.3. The second-order valence-corrected chi connectivity index (χ2v) is 18.5. The van der Waals surface area contributed by atoms with Crippen molar-refractivity contribution in [1.82, 2.24) is 14.9 Å². The van der Waals surface area contributed by atoms with Crippen LogP contribution in [0.5, 0.6) is 11.5 Å². The van der Waals surface area contributed by atoms with Crippen LogP contribution < -0.4 is 14.8 Å². The van der Waals surface area contributed by atoms with Crippen molar-refractivity contribution in [1.29, 1.82) is 0 Å². The largest absolute Gasteiger partial charge is 0.488 e. The number of aromatic nitrogens is 2. The van der Waals surface area contributed by atoms with E-state index >= 15 is 0 Å². The number of carbonyl (C=O) groups is 5. The van der Waals surface area contributed by atoms with Crippen LogP contribution in [0, 0.1) is 34.5 Å². The fraction of sp³-hybridized carbons (Fsp3) is 0.558. The van der Waals surface area contributed by atoms with Gasteiger partial charge in [-0.2, -0.15) is 0 Å². The summed E-state index contributed by atoms with van der Waals surface area (Å²) in [4.78, 5) is 76.7. The number of nitrogens with one attached hydrogen (secondary N) is 1. The second-order valence-electron chi connectivity index (χ2n) is 17.6. The molecule has 14 nitrogen and oxygen atoms in total. The Morgan fingerprint density at radius 2 is 1.83 bits per heavy atom. The van der Waals surface area contributed by atoms with E-state index in [4.69, 9.17) is 28.9 Å². The molecule has 3 aliphatic carbocycles. The van der Waals surface area contributed by atoms with E-state index in [0.717, 1.165) is 18.0 Å². The highest BCUT2D eigenvalue weighted by Gasteiger charge is 2.61. The van der Waals surface area contributed by atoms with E-state index in [9.17, 15) is 29.1 Å². The number of ketones is 1. The van der Waals surface area contributed by atoms with Crippen LogP contribution in [0.1, 0.15) is 79.6 Å². The van der Waals surface area contributed by atoms with Gasteiger partial charge in [0.2, 0.25) is 12.7 Å². The van der Waals surface area contributed by atoms with E-state index in [0.29, 0.717) is 58.5 Å². The van der Waals surface area contributed by atoms with Gasteiger partial charge in [0.25, 0.3) is 6.47 Å². The predicted molar refractivity (Wildman–Crippen MR) is 215 cm³/mol. The van der Waals surface area contributed by atoms with Gasteiger partial charge < -0.3 is 34.3 Å². The number of thiazole rings is 1. The first-order valence-electron chi connectivity index (χ1n) is 20.0. The predicted octanol–water partition coefficient (Wildman–Crippen LogP) is 6.67. The first-order chi connectivity index (χ1) is 27.6. The Morgan fingerprint density at radius 3 is 2.48 bits per heavy atom. The minimum Gasteiger partial charge on any atom is -0.488 e. The van der Waals surface area contributed by atoms with Crippen LogP contribution in [-0.4, -0.2) is 87.7 Å². The number of hydrogen-bond donors (Lipinski definition) is 2. The van der Waals surface area contributed by atoms with Crippen molar-refractivity contribution in [3.63, 3.8) is 0 Å². The molecule has 0 spiro atoms. The third-order valence-corrected chi connectivity index (χ3v) is 12.8. The average Bonchev–Trinajstić information content (AvgIpc) is 3.83. The number of pyridine rings is 1. The maximum absolute atomic E-state index is 14.8. The van der Waals surface area contributed by atoms with Crippen molar-refractivity contribution in [3.8, 4) is 22.9 Å². The van der Waals surface area contributed by atoms with E-state index in [1.165, 1.54) is 22.7 Å². The van der Waals surface area contributed by atoms with E-state index in [2.05, 4.69) is 11.9 Å². The van der Waals surface area contributed by atoms with Gasteiger partial charge in [-0.1, -0.05) is 26.8 Å². The first kappa shape index (κ1) is 41.1. The number of Topliss-reactive ketones (excluding diaryl/α,β-unsaturated/α-hetero) is 1. The Hall–Kier alpha value is -5.05. The standard InChI is InChI=1S/C43H52N4O10S/c1-7-26-17-43(26,40(52)53)18-36(49)35-14-29(19-47(35)39(51)31(42(4,5)6)15-38(50)57-28-11-24-10-25(24)12-28)56-37-16-33(34-20-58-41(46-34)44-23(2)3)45-32-13-27(8-9-30(32)37)55-22-54-21-48/h7-9,13,16,20-21,23-26,28-29,31,35H,1,10-12,14-15,17-19,22H2,2-6H3,(H,44,46)(H,52,53)/t24-,25+,26-,28?,29-,31-,35?,43-/m1/s1. The lowest BCUT2D eigenvalue weighted by Crippen LogP contribution is -2.48. The van der Waals surface area contributed by atoms with Crippen molar-refractivity contribution < 1.29 is 48.0 Å². The third kappa shape index (κ3) is 8.84. The molecule has 8 atom stereocenters. The molecule has 2 aromatic heterocycles. The summed E-state index contributed by atoms with van der Waals surface area (Å²) in [6, 6.07) is 6.08. The number of anilines is 1. The van der Waals surface area contributed by atoms with Crippen LogP contribution in [-0.2, 0) is 33.4 Å². The number of fused-ring (bicyclic) bond motifs is 2. The van der Waals surface area contributed by atoms with Crippen LogP contribution in [0.15, 0.2) is 42.3 Å². The molecule has 0 radical (unpaired) electrons. The monoisotopic (exact) mass is 816 g/mol. The highest BCUT2D eigenvalue weighted by Crippen LogP contribution is 2.57. The summed E-state index contributed by atoms with van der Waals surface area (Å²) >= 11 is 1.43. The molecule has 1 saturated heterocycles. The molecule has 7 rings (SSSR count). The number of carbonyl (C=O) groups excluding carboxylic acids is 4. The molecule has 4 fully saturated rings. The molecule has 0 bridgehead atoms. The summed E-state index contributed by atoms with van der Waals surface area (Å²) in [7, 11) is 0. The van der Waals surface area contributed by atoms with Crippen molar-refractivity contribution in [3.05, 3.63) is 42.3 Å². The minimum atomic E-state index is -1.27. The highest BCUT2D eigenvalue weighted by atomic mass is 32.1. The van der Waals surface area contributed by atoms with E-state index in [1.807, 2.05) is 40.0 Å². The van der Waals surface area contributed by atoms with Gasteiger partial charge in [-0.15, -0.1) is 17.9 Å². The van der Waals surface area contributed by atoms with Crippen LogP contribution in [0.25, 0.3) is 22.3 Å². The van der Waals surface area contributed by atoms with Gasteiger partial charge in [0.15, 0.2) is 10.9 Å². The summed E-state index contributed by atoms with van der Waals surface area (Å²) < 4.78 is 22.9. The molecule has 3 saturated carbocycles. The Balaban J connectivity index is 1.19. The van der Waals surface area contributed by atoms with Gasteiger partial charge in [-0.25, -0.2) is 9.97 Å². The highest BCUT2D eigenvalue weighted by molar-refractivity contribution is 7.14. The van der Waals surface area contributed by atoms with Crippen molar-refractivity contribution in [2.75, 3.05) is 18.7 Å². The number of rotatable bonds is 18. The van der Waals surface area contributed by atoms with Crippen molar-refractivity contribution in [2.45, 2.75) is 104 Å². The van der Waals surface area contributed by atoms with Gasteiger partial charge in [0, 0.05) is 41.8 Å². The number of ether oxygens (including phenoxy) is 4. The minimum absolute atomic E-state index is 0.0242. The molecule has 2 N–H and O–H groups in total. The van der Waals surface area contributed by atoms with Crippen LogP contribution in [0.4, 0.5) is 5.13 Å². The number of aliphatic carboxylic acids is 1. The zero-order valence-electron chi connectivity index (χ0n) is 33.6. The number of carboxylic acid groups (broad SMARTS) is 1. The van der Waals surface area contributed by atoms with Gasteiger partial charge in [-0.05, 0) is 74.8 Å². The molecule has 310 valence electrons. The number of amides is 1. The van der Waals surface area contributed by atoms with E-state index in [1.54, 1.807) is 30.3 Å². The van der Waals surface area contributed by atoms with Crippen LogP contribution >= 0.6 is 11.3 Å². The molecule has 1 amide bonds. The molecule has 15 heteroatoms. The number of allylic oxidation sites excluding steroid dienone is 1. The SMILES string of the molecule is C=C[C@@H]1C[C@]1(CC(=O)C1C[C@@H](Oc2cc(-c3csc(NC(C)C)n3)nc3cc(OCOC=O)ccc23)CN1C(=O)[C@@H](CC(=O)OC1C[C@@H]2C[C@@H]2C1)C(C)(C)C)C(=O)O. The number of carboxylic acids is 1. The van der Waals surface area contributed by atoms with E-state index in [-0.39, 0.29) is 62.4 Å². The topological polar surface area (TPSA) is 184 Å². The normalized spacial score (nSPS) is 26.4. The van der Waals surface area contributed by atoms with Crippen molar-refractivity contribution in [2.24, 2.45) is 34.5 Å². The molecule has 3 aromatic rings. The molecular formula is C43H52N4O10S. The van der Waals surface area contributed by atoms with E-state index < -0.39 is 40.8 Å². The molecule has 2 unspecified atom stereocenters. The molecular weight excluding hydrogens is 765 g/mol. The van der Waals surface area contributed by atoms with Gasteiger partial charge in [0.1, 0.15) is 29.4 Å². The number of esters is 1. The summed E-state index contributed by atoms with van der Waals surface area (Å²) in [6.45, 7) is 13.5. The zero-order valence-corrected chi connectivity index (χ0v) is 34.4. The Kier molecular flexibility index (Phi) is 11.6.